The molecule has 2 aromatic carbocycles. The summed E-state index contributed by atoms with van der Waals surface area (Å²) in [4.78, 5) is 10.6. The Balaban J connectivity index is 1.75. The quantitative estimate of drug-likeness (QED) is 0.377. The Morgan fingerprint density at radius 1 is 1.16 bits per heavy atom. The van der Waals surface area contributed by atoms with Crippen molar-refractivity contribution < 1.29 is 4.92 Å². The highest BCUT2D eigenvalue weighted by Crippen LogP contribution is 2.35. The summed E-state index contributed by atoms with van der Waals surface area (Å²) in [5, 5.41) is 20.3. The Morgan fingerprint density at radius 2 is 1.92 bits per heavy atom. The summed E-state index contributed by atoms with van der Waals surface area (Å²) in [6.45, 7) is 2.01. The van der Waals surface area contributed by atoms with Crippen LogP contribution in [-0.2, 0) is 13.5 Å². The third kappa shape index (κ3) is 4.06. The molecule has 1 heterocycles. The van der Waals surface area contributed by atoms with E-state index in [1.165, 1.54) is 11.6 Å². The first-order chi connectivity index (χ1) is 12.0. The van der Waals surface area contributed by atoms with Crippen LogP contribution in [0.2, 0.25) is 0 Å². The highest BCUT2D eigenvalue weighted by Gasteiger charge is 2.16. The number of nitrogens with zero attached hydrogens (tertiary/aromatic N) is 4. The van der Waals surface area contributed by atoms with Gasteiger partial charge < -0.3 is 4.57 Å². The molecule has 0 saturated carbocycles. The van der Waals surface area contributed by atoms with Gasteiger partial charge in [0, 0.05) is 30.9 Å². The molecule has 0 fully saturated rings. The van der Waals surface area contributed by atoms with E-state index in [0.717, 1.165) is 23.0 Å². The van der Waals surface area contributed by atoms with Crippen LogP contribution in [0.1, 0.15) is 29.1 Å². The maximum Gasteiger partial charge on any atom is 0.269 e. The van der Waals surface area contributed by atoms with Gasteiger partial charge in [-0.25, -0.2) is 0 Å². The first-order valence-corrected chi connectivity index (χ1v) is 8.76. The minimum absolute atomic E-state index is 0.0346. The molecule has 0 amide bonds. The van der Waals surface area contributed by atoms with E-state index in [4.69, 9.17) is 0 Å². The van der Waals surface area contributed by atoms with Crippen LogP contribution in [0.5, 0.6) is 0 Å². The van der Waals surface area contributed by atoms with Crippen molar-refractivity contribution in [3.05, 3.63) is 81.7 Å². The number of nitro groups is 1. The number of aromatic nitrogens is 3. The van der Waals surface area contributed by atoms with Crippen LogP contribution < -0.4 is 0 Å². The molecule has 1 atom stereocenters. The number of hydrogen-bond acceptors (Lipinski definition) is 5. The summed E-state index contributed by atoms with van der Waals surface area (Å²) in [6, 6.07) is 16.8. The van der Waals surface area contributed by atoms with Crippen molar-refractivity contribution in [2.45, 2.75) is 23.8 Å². The summed E-state index contributed by atoms with van der Waals surface area (Å²) < 4.78 is 1.98. The first-order valence-electron chi connectivity index (χ1n) is 7.88. The van der Waals surface area contributed by atoms with Crippen LogP contribution in [0.25, 0.3) is 0 Å². The normalized spacial score (nSPS) is 12.1. The zero-order chi connectivity index (χ0) is 17.8. The van der Waals surface area contributed by atoms with Gasteiger partial charge in [0.1, 0.15) is 5.82 Å². The highest BCUT2D eigenvalue weighted by atomic mass is 32.2. The summed E-state index contributed by atoms with van der Waals surface area (Å²) >= 11 is 1.54. The summed E-state index contributed by atoms with van der Waals surface area (Å²) in [5.41, 5.74) is 2.18. The van der Waals surface area contributed by atoms with Crippen LogP contribution >= 0.6 is 11.8 Å². The van der Waals surface area contributed by atoms with E-state index < -0.39 is 0 Å². The molecule has 7 heteroatoms. The number of thioether (sulfide) groups is 1. The number of rotatable bonds is 6. The minimum atomic E-state index is -0.374. The van der Waals surface area contributed by atoms with Gasteiger partial charge >= 0.3 is 0 Å². The maximum atomic E-state index is 10.9. The molecule has 6 nitrogen and oxygen atoms in total. The van der Waals surface area contributed by atoms with Gasteiger partial charge in [0.05, 0.1) is 4.92 Å². The van der Waals surface area contributed by atoms with Gasteiger partial charge in [-0.05, 0) is 18.1 Å². The van der Waals surface area contributed by atoms with Gasteiger partial charge in [-0.15, -0.1) is 10.2 Å². The standard InChI is InChI=1S/C18H18N4O2S/c1-13(15-9-6-10-16(12-15)22(23)24)25-18-20-19-17(21(18)2)11-14-7-4-3-5-8-14/h3-10,12-13H,11H2,1-2H3/t13-/m0/s1. The average molecular weight is 354 g/mol. The summed E-state index contributed by atoms with van der Waals surface area (Å²) in [7, 11) is 1.95. The van der Waals surface area contributed by atoms with Crippen molar-refractivity contribution in [3.8, 4) is 0 Å². The molecule has 128 valence electrons. The van der Waals surface area contributed by atoms with Crippen LogP contribution in [0.4, 0.5) is 5.69 Å². The van der Waals surface area contributed by atoms with E-state index in [1.807, 2.05) is 42.8 Å². The lowest BCUT2D eigenvalue weighted by atomic mass is 10.1. The second-order valence-corrected chi connectivity index (χ2v) is 7.04. The van der Waals surface area contributed by atoms with Gasteiger partial charge in [0.25, 0.3) is 5.69 Å². The molecule has 0 N–H and O–H groups in total. The first kappa shape index (κ1) is 17.2. The van der Waals surface area contributed by atoms with Crippen molar-refractivity contribution in [1.29, 1.82) is 0 Å². The van der Waals surface area contributed by atoms with E-state index in [9.17, 15) is 10.1 Å². The number of non-ortho nitro benzene ring substituents is 1. The fourth-order valence-corrected chi connectivity index (χ4v) is 3.45. The predicted octanol–water partition coefficient (Wildman–Crippen LogP) is 4.17. The lowest BCUT2D eigenvalue weighted by Crippen LogP contribution is -2.01. The topological polar surface area (TPSA) is 73.8 Å². The zero-order valence-electron chi connectivity index (χ0n) is 14.0. The summed E-state index contributed by atoms with van der Waals surface area (Å²) in [6.07, 6.45) is 0.718. The van der Waals surface area contributed by atoms with E-state index >= 15 is 0 Å². The van der Waals surface area contributed by atoms with Crippen molar-refractivity contribution >= 4 is 17.4 Å². The van der Waals surface area contributed by atoms with Crippen molar-refractivity contribution in [1.82, 2.24) is 14.8 Å². The Morgan fingerprint density at radius 3 is 2.64 bits per heavy atom. The van der Waals surface area contributed by atoms with Gasteiger partial charge in [0.15, 0.2) is 5.16 Å². The van der Waals surface area contributed by atoms with Gasteiger partial charge in [-0.2, -0.15) is 0 Å². The Hall–Kier alpha value is -2.67. The molecule has 0 aliphatic rings. The Kier molecular flexibility index (Phi) is 5.14. The van der Waals surface area contributed by atoms with E-state index in [-0.39, 0.29) is 15.9 Å². The molecular formula is C18H18N4O2S. The molecule has 0 aliphatic carbocycles. The third-order valence-corrected chi connectivity index (χ3v) is 5.15. The highest BCUT2D eigenvalue weighted by molar-refractivity contribution is 7.99. The minimum Gasteiger partial charge on any atom is -0.309 e. The van der Waals surface area contributed by atoms with E-state index in [2.05, 4.69) is 22.3 Å². The number of nitro benzene ring substituents is 1. The average Bonchev–Trinajstić information content (AvgIpc) is 2.96. The monoisotopic (exact) mass is 354 g/mol. The van der Waals surface area contributed by atoms with Crippen LogP contribution in [0.3, 0.4) is 0 Å². The Labute approximate surface area is 150 Å². The van der Waals surface area contributed by atoms with E-state index in [0.29, 0.717) is 0 Å². The fraction of sp³-hybridized carbons (Fsp3) is 0.222. The molecular weight excluding hydrogens is 336 g/mol. The smallest absolute Gasteiger partial charge is 0.269 e. The van der Waals surface area contributed by atoms with Crippen LogP contribution in [-0.4, -0.2) is 19.7 Å². The lowest BCUT2D eigenvalue weighted by Gasteiger charge is -2.11. The number of hydrogen-bond donors (Lipinski definition) is 0. The maximum absolute atomic E-state index is 10.9. The Bertz CT molecular complexity index is 880. The summed E-state index contributed by atoms with van der Waals surface area (Å²) in [5.74, 6) is 0.889. The zero-order valence-corrected chi connectivity index (χ0v) is 14.8. The van der Waals surface area contributed by atoms with Crippen molar-refractivity contribution in [2.24, 2.45) is 7.05 Å². The molecule has 0 saturated heterocycles. The SMILES string of the molecule is C[C@H](Sc1nnc(Cc2ccccc2)n1C)c1cccc([N+](=O)[O-])c1. The van der Waals surface area contributed by atoms with Crippen LogP contribution in [0.15, 0.2) is 59.8 Å². The molecule has 25 heavy (non-hydrogen) atoms. The third-order valence-electron chi connectivity index (χ3n) is 3.96. The second-order valence-electron chi connectivity index (χ2n) is 5.73. The molecule has 3 aromatic rings. The molecule has 0 aliphatic heterocycles. The van der Waals surface area contributed by atoms with Crippen molar-refractivity contribution in [3.63, 3.8) is 0 Å². The van der Waals surface area contributed by atoms with Gasteiger partial charge in [0.2, 0.25) is 0 Å². The molecule has 0 bridgehead atoms. The van der Waals surface area contributed by atoms with Gasteiger partial charge in [-0.3, -0.25) is 10.1 Å². The largest absolute Gasteiger partial charge is 0.309 e. The molecule has 1 aromatic heterocycles. The van der Waals surface area contributed by atoms with Gasteiger partial charge in [-0.1, -0.05) is 54.2 Å². The molecule has 0 unspecified atom stereocenters. The molecule has 0 spiro atoms. The number of benzene rings is 2. The van der Waals surface area contributed by atoms with Crippen molar-refractivity contribution in [2.75, 3.05) is 0 Å². The van der Waals surface area contributed by atoms with E-state index in [1.54, 1.807) is 23.9 Å². The second kappa shape index (κ2) is 7.48. The molecule has 3 rings (SSSR count). The molecule has 0 radical (unpaired) electrons. The van der Waals surface area contributed by atoms with Crippen LogP contribution in [0, 0.1) is 10.1 Å². The predicted molar refractivity (Wildman–Crippen MR) is 97.6 cm³/mol. The fourth-order valence-electron chi connectivity index (χ4n) is 2.50. The lowest BCUT2D eigenvalue weighted by molar-refractivity contribution is -0.384.